The molecule has 0 rings (SSSR count). The van der Waals surface area contributed by atoms with Crippen molar-refractivity contribution in [2.75, 3.05) is 11.8 Å². The van der Waals surface area contributed by atoms with Crippen LogP contribution in [0.3, 0.4) is 0 Å². The average Bonchev–Trinajstić information content (AvgIpc) is 2.05. The summed E-state index contributed by atoms with van der Waals surface area (Å²) < 4.78 is 0. The Hall–Kier alpha value is -0.200. The molecule has 62 valence electrons. The maximum atomic E-state index is 5.67. The topological polar surface area (TPSA) is 0 Å². The summed E-state index contributed by atoms with van der Waals surface area (Å²) >= 11 is 11.3. The quantitative estimate of drug-likeness (QED) is 0.471. The Morgan fingerprint density at radius 1 is 1.36 bits per heavy atom. The summed E-state index contributed by atoms with van der Waals surface area (Å²) in [6.45, 7) is 5.54. The Morgan fingerprint density at radius 3 is 2.36 bits per heavy atom. The lowest BCUT2D eigenvalue weighted by Crippen LogP contribution is -1.88. The van der Waals surface area contributed by atoms with Crippen molar-refractivity contribution in [2.24, 2.45) is 0 Å². The molecule has 11 heavy (non-hydrogen) atoms. The van der Waals surface area contributed by atoms with Crippen molar-refractivity contribution in [3.05, 3.63) is 36.0 Å². The zero-order chi connectivity index (χ0) is 8.69. The summed E-state index contributed by atoms with van der Waals surface area (Å²) in [5.74, 6) is 1.03. The molecule has 0 saturated heterocycles. The van der Waals surface area contributed by atoms with Gasteiger partial charge in [0.15, 0.2) is 0 Å². The third-order valence-corrected chi connectivity index (χ3v) is 2.01. The normalized spacial score (nSPS) is 13.4. The molecule has 0 aromatic carbocycles. The lowest BCUT2D eigenvalue weighted by Gasteiger charge is -1.99. The Labute approximate surface area is 78.2 Å². The molecule has 0 aromatic heterocycles. The Kier molecular flexibility index (Phi) is 6.39. The van der Waals surface area contributed by atoms with E-state index in [9.17, 15) is 0 Å². The van der Waals surface area contributed by atoms with Gasteiger partial charge in [-0.3, -0.25) is 0 Å². The second kappa shape index (κ2) is 6.51. The first-order valence-corrected chi connectivity index (χ1v) is 4.42. The molecule has 2 heteroatoms. The number of hydrogen-bond donors (Lipinski definition) is 0. The molecule has 0 radical (unpaired) electrons. The fourth-order valence-corrected chi connectivity index (χ4v) is 1.06. The van der Waals surface area contributed by atoms with E-state index in [-0.39, 0.29) is 0 Å². The maximum absolute atomic E-state index is 5.67. The summed E-state index contributed by atoms with van der Waals surface area (Å²) in [7, 11) is 0. The van der Waals surface area contributed by atoms with E-state index < -0.39 is 0 Å². The number of allylic oxidation sites excluding steroid dienone is 5. The Bertz CT molecular complexity index is 178. The third-order valence-electron chi connectivity index (χ3n) is 1.33. The summed E-state index contributed by atoms with van der Waals surface area (Å²) in [5, 5.41) is 0. The van der Waals surface area contributed by atoms with Crippen LogP contribution in [0.2, 0.25) is 0 Å². The van der Waals surface area contributed by atoms with Crippen LogP contribution < -0.4 is 0 Å². The molecule has 0 atom stereocenters. The molecule has 0 saturated carbocycles. The van der Waals surface area contributed by atoms with E-state index in [0.29, 0.717) is 11.8 Å². The molecule has 0 N–H and O–H groups in total. The Morgan fingerprint density at radius 2 is 2.00 bits per heavy atom. The lowest BCUT2D eigenvalue weighted by molar-refractivity contribution is 1.30. The van der Waals surface area contributed by atoms with E-state index in [0.717, 1.165) is 11.1 Å². The molecule has 0 heterocycles. The largest absolute Gasteiger partial charge is 0.122 e. The van der Waals surface area contributed by atoms with Gasteiger partial charge in [0.1, 0.15) is 0 Å². The van der Waals surface area contributed by atoms with Gasteiger partial charge < -0.3 is 0 Å². The maximum Gasteiger partial charge on any atom is 0.0473 e. The van der Waals surface area contributed by atoms with Crippen LogP contribution >= 0.6 is 23.2 Å². The molecule has 0 nitrogen and oxygen atoms in total. The van der Waals surface area contributed by atoms with Gasteiger partial charge in [0, 0.05) is 11.8 Å². The van der Waals surface area contributed by atoms with Gasteiger partial charge in [-0.25, -0.2) is 0 Å². The van der Waals surface area contributed by atoms with Gasteiger partial charge in [-0.15, -0.1) is 23.2 Å². The zero-order valence-corrected chi connectivity index (χ0v) is 8.12. The van der Waals surface area contributed by atoms with Crippen LogP contribution in [-0.2, 0) is 0 Å². The van der Waals surface area contributed by atoms with Gasteiger partial charge in [0.25, 0.3) is 0 Å². The van der Waals surface area contributed by atoms with Crippen molar-refractivity contribution in [3.8, 4) is 0 Å². The van der Waals surface area contributed by atoms with Gasteiger partial charge in [-0.1, -0.05) is 30.4 Å². The van der Waals surface area contributed by atoms with Crippen LogP contribution in [0.25, 0.3) is 0 Å². The van der Waals surface area contributed by atoms with Crippen molar-refractivity contribution in [1.29, 1.82) is 0 Å². The molecule has 0 aromatic rings. The van der Waals surface area contributed by atoms with E-state index in [1.165, 1.54) is 0 Å². The minimum atomic E-state index is 0.503. The molecular formula is C9H12Cl2. The summed E-state index contributed by atoms with van der Waals surface area (Å²) in [5.41, 5.74) is 2.18. The molecule has 0 aliphatic heterocycles. The van der Waals surface area contributed by atoms with Crippen molar-refractivity contribution >= 4 is 23.2 Å². The lowest BCUT2D eigenvalue weighted by atomic mass is 10.1. The van der Waals surface area contributed by atoms with Gasteiger partial charge in [-0.2, -0.15) is 0 Å². The summed E-state index contributed by atoms with van der Waals surface area (Å²) in [6.07, 6.45) is 5.50. The minimum absolute atomic E-state index is 0.503. The highest BCUT2D eigenvalue weighted by molar-refractivity contribution is 6.21. The number of alkyl halides is 2. The summed E-state index contributed by atoms with van der Waals surface area (Å²) in [4.78, 5) is 0. The van der Waals surface area contributed by atoms with E-state index >= 15 is 0 Å². The predicted octanol–water partition coefficient (Wildman–Crippen LogP) is 3.52. The van der Waals surface area contributed by atoms with Crippen molar-refractivity contribution in [2.45, 2.75) is 6.92 Å². The van der Waals surface area contributed by atoms with Crippen molar-refractivity contribution in [1.82, 2.24) is 0 Å². The Balaban J connectivity index is 4.37. The number of halogens is 2. The number of hydrogen-bond acceptors (Lipinski definition) is 0. The van der Waals surface area contributed by atoms with Gasteiger partial charge in [0.05, 0.1) is 0 Å². The fourth-order valence-electron chi connectivity index (χ4n) is 0.571. The van der Waals surface area contributed by atoms with Crippen LogP contribution in [0.4, 0.5) is 0 Å². The first-order valence-electron chi connectivity index (χ1n) is 3.36. The predicted molar refractivity (Wildman–Crippen MR) is 53.5 cm³/mol. The zero-order valence-electron chi connectivity index (χ0n) is 6.61. The standard InChI is InChI=1S/C9H12Cl2/c1-3-4-5-9(7-11)8(2)6-10/h3-5H,1,6-7H2,2H3/b5-4-,9-8-. The van der Waals surface area contributed by atoms with Crippen LogP contribution in [0.15, 0.2) is 36.0 Å². The van der Waals surface area contributed by atoms with Crippen molar-refractivity contribution < 1.29 is 0 Å². The highest BCUT2D eigenvalue weighted by Crippen LogP contribution is 2.09. The molecule has 0 fully saturated rings. The highest BCUT2D eigenvalue weighted by atomic mass is 35.5. The SMILES string of the molecule is C=C/C=C\C(CCl)=C(/C)CCl. The fraction of sp³-hybridized carbons (Fsp3) is 0.333. The van der Waals surface area contributed by atoms with Crippen LogP contribution in [-0.4, -0.2) is 11.8 Å². The molecular weight excluding hydrogens is 179 g/mol. The molecule has 0 unspecified atom stereocenters. The van der Waals surface area contributed by atoms with Gasteiger partial charge in [0.2, 0.25) is 0 Å². The smallest absolute Gasteiger partial charge is 0.0473 e. The van der Waals surface area contributed by atoms with E-state index in [1.807, 2.05) is 19.1 Å². The van der Waals surface area contributed by atoms with Crippen LogP contribution in [0.5, 0.6) is 0 Å². The molecule has 0 spiro atoms. The number of rotatable bonds is 4. The first-order chi connectivity index (χ1) is 5.26. The molecule has 0 aliphatic carbocycles. The monoisotopic (exact) mass is 190 g/mol. The van der Waals surface area contributed by atoms with Crippen LogP contribution in [0.1, 0.15) is 6.92 Å². The van der Waals surface area contributed by atoms with Gasteiger partial charge in [-0.05, 0) is 12.5 Å². The van der Waals surface area contributed by atoms with E-state index in [2.05, 4.69) is 6.58 Å². The minimum Gasteiger partial charge on any atom is -0.122 e. The molecule has 0 aliphatic rings. The summed E-state index contributed by atoms with van der Waals surface area (Å²) in [6, 6.07) is 0. The average molecular weight is 191 g/mol. The second-order valence-corrected chi connectivity index (χ2v) is 2.70. The van der Waals surface area contributed by atoms with E-state index in [1.54, 1.807) is 6.08 Å². The van der Waals surface area contributed by atoms with Crippen LogP contribution in [0, 0.1) is 0 Å². The third kappa shape index (κ3) is 4.28. The molecule has 0 amide bonds. The first kappa shape index (κ1) is 10.8. The van der Waals surface area contributed by atoms with Crippen molar-refractivity contribution in [3.63, 3.8) is 0 Å². The highest BCUT2D eigenvalue weighted by Gasteiger charge is 1.94. The second-order valence-electron chi connectivity index (χ2n) is 2.17. The van der Waals surface area contributed by atoms with Gasteiger partial charge >= 0.3 is 0 Å². The van der Waals surface area contributed by atoms with E-state index in [4.69, 9.17) is 23.2 Å². The molecule has 0 bridgehead atoms.